The number of hydrogen-bond acceptors (Lipinski definition) is 3. The summed E-state index contributed by atoms with van der Waals surface area (Å²) in [6, 6.07) is 16.7. The van der Waals surface area contributed by atoms with Crippen LogP contribution in [0.5, 0.6) is 0 Å². The number of guanidine groups is 1. The second kappa shape index (κ2) is 10.9. The monoisotopic (exact) mass is 528 g/mol. The number of anilines is 1. The molecule has 0 aliphatic carbocycles. The summed E-state index contributed by atoms with van der Waals surface area (Å²) in [6.45, 7) is 3.76. The van der Waals surface area contributed by atoms with Crippen molar-refractivity contribution in [1.29, 1.82) is 0 Å². The van der Waals surface area contributed by atoms with Crippen LogP contribution in [0, 0.1) is 5.92 Å². The van der Waals surface area contributed by atoms with Crippen LogP contribution in [0.25, 0.3) is 0 Å². The van der Waals surface area contributed by atoms with Gasteiger partial charge in [0, 0.05) is 25.3 Å². The smallest absolute Gasteiger partial charge is 0.243 e. The van der Waals surface area contributed by atoms with Crippen LogP contribution >= 0.6 is 24.0 Å². The van der Waals surface area contributed by atoms with E-state index in [-0.39, 0.29) is 24.0 Å². The summed E-state index contributed by atoms with van der Waals surface area (Å²) in [6.07, 6.45) is 2.57. The summed E-state index contributed by atoms with van der Waals surface area (Å²) >= 11 is 0. The zero-order valence-electron chi connectivity index (χ0n) is 16.6. The summed E-state index contributed by atoms with van der Waals surface area (Å²) in [4.78, 5) is 4.80. The predicted octanol–water partition coefficient (Wildman–Crippen LogP) is 3.69. The van der Waals surface area contributed by atoms with E-state index >= 15 is 0 Å². The van der Waals surface area contributed by atoms with Crippen molar-refractivity contribution < 1.29 is 8.42 Å². The zero-order valence-corrected chi connectivity index (χ0v) is 19.8. The number of piperidine rings is 1. The van der Waals surface area contributed by atoms with Crippen LogP contribution in [-0.2, 0) is 16.4 Å². The molecule has 0 radical (unpaired) electrons. The highest BCUT2D eigenvalue weighted by Gasteiger charge is 2.29. The molecule has 0 saturated carbocycles. The lowest BCUT2D eigenvalue weighted by Gasteiger charge is -2.30. The van der Waals surface area contributed by atoms with Gasteiger partial charge in [0.15, 0.2) is 5.96 Å². The first-order valence-corrected chi connectivity index (χ1v) is 11.1. The Bertz CT molecular complexity index is 894. The molecule has 2 aromatic rings. The molecule has 1 fully saturated rings. The van der Waals surface area contributed by atoms with Crippen LogP contribution in [0.1, 0.15) is 25.3 Å². The molecule has 3 N–H and O–H groups in total. The van der Waals surface area contributed by atoms with Crippen LogP contribution in [0.3, 0.4) is 0 Å². The van der Waals surface area contributed by atoms with Crippen molar-refractivity contribution in [2.45, 2.75) is 31.1 Å². The Kier molecular flexibility index (Phi) is 8.91. The van der Waals surface area contributed by atoms with Crippen molar-refractivity contribution in [2.24, 2.45) is 16.6 Å². The number of aryl methyl sites for hydroxylation is 1. The van der Waals surface area contributed by atoms with E-state index in [4.69, 9.17) is 5.73 Å². The third kappa shape index (κ3) is 6.42. The van der Waals surface area contributed by atoms with Crippen molar-refractivity contribution in [3.8, 4) is 0 Å². The van der Waals surface area contributed by atoms with Crippen LogP contribution < -0.4 is 11.1 Å². The lowest BCUT2D eigenvalue weighted by molar-refractivity contribution is 0.279. The van der Waals surface area contributed by atoms with Crippen molar-refractivity contribution in [1.82, 2.24) is 4.31 Å². The van der Waals surface area contributed by atoms with Gasteiger partial charge in [0.05, 0.1) is 4.90 Å². The number of rotatable bonds is 6. The largest absolute Gasteiger partial charge is 0.370 e. The fourth-order valence-corrected chi connectivity index (χ4v) is 4.80. The predicted molar refractivity (Wildman–Crippen MR) is 129 cm³/mol. The molecule has 0 amide bonds. The number of nitrogens with zero attached hydrogens (tertiary/aromatic N) is 2. The Hall–Kier alpha value is -1.65. The molecule has 29 heavy (non-hydrogen) atoms. The molecule has 3 rings (SSSR count). The maximum absolute atomic E-state index is 12.7. The Morgan fingerprint density at radius 2 is 1.72 bits per heavy atom. The molecule has 1 saturated heterocycles. The molecule has 0 spiro atoms. The zero-order chi connectivity index (χ0) is 20.0. The fraction of sp³-hybridized carbons (Fsp3) is 0.381. The highest BCUT2D eigenvalue weighted by Crippen LogP contribution is 2.24. The van der Waals surface area contributed by atoms with E-state index in [0.717, 1.165) is 24.9 Å². The van der Waals surface area contributed by atoms with E-state index in [2.05, 4.69) is 29.4 Å². The number of aliphatic imine (C=N–C) groups is 1. The summed E-state index contributed by atoms with van der Waals surface area (Å²) in [7, 11) is -3.40. The molecular weight excluding hydrogens is 499 g/mol. The first-order chi connectivity index (χ1) is 13.5. The highest BCUT2D eigenvalue weighted by atomic mass is 127. The second-order valence-corrected chi connectivity index (χ2v) is 9.00. The van der Waals surface area contributed by atoms with E-state index in [0.29, 0.717) is 36.4 Å². The highest BCUT2D eigenvalue weighted by molar-refractivity contribution is 14.0. The molecule has 0 bridgehead atoms. The maximum Gasteiger partial charge on any atom is 0.243 e. The molecule has 0 atom stereocenters. The van der Waals surface area contributed by atoms with E-state index in [1.54, 1.807) is 28.6 Å². The van der Waals surface area contributed by atoms with E-state index in [1.807, 2.05) is 18.2 Å². The first kappa shape index (κ1) is 23.6. The maximum atomic E-state index is 12.7. The molecule has 1 heterocycles. The summed E-state index contributed by atoms with van der Waals surface area (Å²) in [5, 5.41) is 3.11. The third-order valence-corrected chi connectivity index (χ3v) is 7.02. The molecule has 2 aromatic carbocycles. The summed E-state index contributed by atoms with van der Waals surface area (Å²) in [5.74, 6) is 0.730. The van der Waals surface area contributed by atoms with Gasteiger partial charge in [-0.15, -0.1) is 24.0 Å². The number of sulfonamides is 1. The van der Waals surface area contributed by atoms with Crippen LogP contribution in [-0.4, -0.2) is 38.3 Å². The quantitative estimate of drug-likeness (QED) is 0.340. The average molecular weight is 528 g/mol. The Labute approximate surface area is 190 Å². The Balaban J connectivity index is 0.00000300. The van der Waals surface area contributed by atoms with E-state index in [9.17, 15) is 8.42 Å². The van der Waals surface area contributed by atoms with Gasteiger partial charge in [-0.25, -0.2) is 8.42 Å². The Morgan fingerprint density at radius 1 is 1.10 bits per heavy atom. The summed E-state index contributed by atoms with van der Waals surface area (Å²) in [5.41, 5.74) is 8.19. The van der Waals surface area contributed by atoms with Crippen LogP contribution in [0.4, 0.5) is 5.69 Å². The number of nitrogens with one attached hydrogen (secondary N) is 1. The lowest BCUT2D eigenvalue weighted by Crippen LogP contribution is -2.39. The van der Waals surface area contributed by atoms with Gasteiger partial charge in [0.2, 0.25) is 10.0 Å². The topological polar surface area (TPSA) is 87.8 Å². The first-order valence-electron chi connectivity index (χ1n) is 9.70. The van der Waals surface area contributed by atoms with Crippen LogP contribution in [0.15, 0.2) is 64.5 Å². The van der Waals surface area contributed by atoms with Crippen LogP contribution in [0.2, 0.25) is 0 Å². The molecular formula is C21H29IN4O2S. The lowest BCUT2D eigenvalue weighted by atomic mass is 9.98. The standard InChI is InChI=1S/C21H28N4O2S.HI/c1-2-17-8-10-19(11-9-17)24-21(22)23-16-18-12-14-25(15-13-18)28(26,27)20-6-4-3-5-7-20;/h3-11,18H,2,12-16H2,1H3,(H3,22,23,24);1H. The average Bonchev–Trinajstić information content (AvgIpc) is 2.74. The molecule has 158 valence electrons. The minimum atomic E-state index is -3.40. The van der Waals surface area contributed by atoms with Gasteiger partial charge >= 0.3 is 0 Å². The van der Waals surface area contributed by atoms with Gasteiger partial charge in [-0.2, -0.15) is 4.31 Å². The number of halogens is 1. The van der Waals surface area contributed by atoms with Crippen molar-refractivity contribution in [3.63, 3.8) is 0 Å². The van der Waals surface area contributed by atoms with Crippen molar-refractivity contribution >= 4 is 45.6 Å². The van der Waals surface area contributed by atoms with E-state index < -0.39 is 10.0 Å². The van der Waals surface area contributed by atoms with Crippen molar-refractivity contribution in [2.75, 3.05) is 25.0 Å². The van der Waals surface area contributed by atoms with Gasteiger partial charge in [0.25, 0.3) is 0 Å². The normalized spacial score (nSPS) is 16.2. The van der Waals surface area contributed by atoms with Gasteiger partial charge in [0.1, 0.15) is 0 Å². The van der Waals surface area contributed by atoms with Gasteiger partial charge in [-0.1, -0.05) is 37.3 Å². The second-order valence-electron chi connectivity index (χ2n) is 7.06. The summed E-state index contributed by atoms with van der Waals surface area (Å²) < 4.78 is 26.9. The third-order valence-electron chi connectivity index (χ3n) is 5.11. The molecule has 1 aliphatic heterocycles. The molecule has 1 aliphatic rings. The Morgan fingerprint density at radius 3 is 2.31 bits per heavy atom. The van der Waals surface area contributed by atoms with Gasteiger partial charge < -0.3 is 11.1 Å². The number of benzene rings is 2. The molecule has 0 unspecified atom stereocenters. The van der Waals surface area contributed by atoms with Gasteiger partial charge in [-0.3, -0.25) is 4.99 Å². The van der Waals surface area contributed by atoms with Gasteiger partial charge in [-0.05, 0) is 55.0 Å². The van der Waals surface area contributed by atoms with Crippen molar-refractivity contribution in [3.05, 3.63) is 60.2 Å². The molecule has 6 nitrogen and oxygen atoms in total. The number of hydrogen-bond donors (Lipinski definition) is 2. The fourth-order valence-electron chi connectivity index (χ4n) is 3.31. The SMILES string of the molecule is CCc1ccc(NC(N)=NCC2CCN(S(=O)(=O)c3ccccc3)CC2)cc1.I. The van der Waals surface area contributed by atoms with E-state index in [1.165, 1.54) is 5.56 Å². The molecule has 8 heteroatoms. The molecule has 0 aromatic heterocycles. The minimum Gasteiger partial charge on any atom is -0.370 e. The number of nitrogens with two attached hydrogens (primary N) is 1. The minimum absolute atomic E-state index is 0.